The van der Waals surface area contributed by atoms with Crippen molar-refractivity contribution < 1.29 is 0 Å². The number of benzene rings is 1. The van der Waals surface area contributed by atoms with Crippen LogP contribution in [0.3, 0.4) is 0 Å². The third kappa shape index (κ3) is 1.90. The molecule has 0 unspecified atom stereocenters. The van der Waals surface area contributed by atoms with Crippen LogP contribution in [-0.2, 0) is 5.33 Å². The van der Waals surface area contributed by atoms with Crippen molar-refractivity contribution in [1.29, 1.82) is 0 Å². The number of rotatable bonds is 1. The molecule has 11 heavy (non-hydrogen) atoms. The molecular weight excluding hydrogens is 247 g/mol. The van der Waals surface area contributed by atoms with Gasteiger partial charge in [-0.1, -0.05) is 45.2 Å². The van der Waals surface area contributed by atoms with E-state index >= 15 is 0 Å². The molecule has 60 valence electrons. The van der Waals surface area contributed by atoms with Gasteiger partial charge in [-0.2, -0.15) is 0 Å². The molecule has 0 fully saturated rings. The molecule has 0 saturated heterocycles. The van der Waals surface area contributed by atoms with Gasteiger partial charge < -0.3 is 0 Å². The molecule has 0 saturated carbocycles. The maximum Gasteiger partial charge on any atom is 0.0624 e. The molecule has 0 aliphatic carbocycles. The topological polar surface area (TPSA) is 0 Å². The first kappa shape index (κ1) is 9.37. The predicted molar refractivity (Wildman–Crippen MR) is 53.8 cm³/mol. The van der Waals surface area contributed by atoms with Crippen molar-refractivity contribution >= 4 is 39.1 Å². The van der Waals surface area contributed by atoms with Gasteiger partial charge in [-0.3, -0.25) is 0 Å². The fourth-order valence-electron chi connectivity index (χ4n) is 0.837. The van der Waals surface area contributed by atoms with Crippen LogP contribution in [-0.4, -0.2) is 0 Å². The molecule has 0 heterocycles. The van der Waals surface area contributed by atoms with Crippen LogP contribution in [0.4, 0.5) is 0 Å². The lowest BCUT2D eigenvalue weighted by Gasteiger charge is -2.04. The van der Waals surface area contributed by atoms with Gasteiger partial charge in [0.05, 0.1) is 10.0 Å². The Hall–Kier alpha value is 0.280. The molecule has 0 aromatic heterocycles. The summed E-state index contributed by atoms with van der Waals surface area (Å²) in [5.41, 5.74) is 2.23. The largest absolute Gasteiger partial charge is 0.0876 e. The highest BCUT2D eigenvalue weighted by Crippen LogP contribution is 2.28. The van der Waals surface area contributed by atoms with Crippen LogP contribution in [0.5, 0.6) is 0 Å². The Bertz CT molecular complexity index is 271. The summed E-state index contributed by atoms with van der Waals surface area (Å²) in [7, 11) is 0. The molecule has 3 heteroatoms. The summed E-state index contributed by atoms with van der Waals surface area (Å²) in [5, 5.41) is 2.09. The van der Waals surface area contributed by atoms with Crippen LogP contribution < -0.4 is 0 Å². The SMILES string of the molecule is Cc1c(CBr)ccc(Cl)c1Cl. The van der Waals surface area contributed by atoms with Gasteiger partial charge in [0, 0.05) is 5.33 Å². The number of hydrogen-bond donors (Lipinski definition) is 0. The Balaban J connectivity index is 3.25. The summed E-state index contributed by atoms with van der Waals surface area (Å²) in [6.07, 6.45) is 0. The van der Waals surface area contributed by atoms with E-state index in [2.05, 4.69) is 15.9 Å². The van der Waals surface area contributed by atoms with Gasteiger partial charge >= 0.3 is 0 Å². The molecule has 1 rings (SSSR count). The molecule has 0 aliphatic heterocycles. The quantitative estimate of drug-likeness (QED) is 0.659. The van der Waals surface area contributed by atoms with Crippen molar-refractivity contribution in [3.05, 3.63) is 33.3 Å². The van der Waals surface area contributed by atoms with Gasteiger partial charge in [0.15, 0.2) is 0 Å². The summed E-state index contributed by atoms with van der Waals surface area (Å²) in [4.78, 5) is 0. The van der Waals surface area contributed by atoms with E-state index in [0.29, 0.717) is 10.0 Å². The van der Waals surface area contributed by atoms with E-state index in [1.165, 1.54) is 5.56 Å². The Morgan fingerprint density at radius 1 is 1.36 bits per heavy atom. The van der Waals surface area contributed by atoms with E-state index in [1.807, 2.05) is 19.1 Å². The van der Waals surface area contributed by atoms with Crippen molar-refractivity contribution in [2.24, 2.45) is 0 Å². The van der Waals surface area contributed by atoms with E-state index in [9.17, 15) is 0 Å². The minimum atomic E-state index is 0.619. The number of hydrogen-bond acceptors (Lipinski definition) is 0. The Labute approximate surface area is 84.6 Å². The van der Waals surface area contributed by atoms with Gasteiger partial charge in [0.2, 0.25) is 0 Å². The Morgan fingerprint density at radius 3 is 2.55 bits per heavy atom. The summed E-state index contributed by atoms with van der Waals surface area (Å²) >= 11 is 15.1. The highest BCUT2D eigenvalue weighted by molar-refractivity contribution is 9.08. The average molecular weight is 254 g/mol. The van der Waals surface area contributed by atoms with Crippen LogP contribution in [0.25, 0.3) is 0 Å². The zero-order valence-electron chi connectivity index (χ0n) is 6.00. The third-order valence-corrected chi connectivity index (χ3v) is 3.10. The van der Waals surface area contributed by atoms with Crippen LogP contribution in [0.15, 0.2) is 12.1 Å². The maximum absolute atomic E-state index is 5.91. The fraction of sp³-hybridized carbons (Fsp3) is 0.250. The van der Waals surface area contributed by atoms with E-state index in [4.69, 9.17) is 23.2 Å². The minimum Gasteiger partial charge on any atom is -0.0876 e. The van der Waals surface area contributed by atoms with Gasteiger partial charge in [0.25, 0.3) is 0 Å². The molecule has 0 radical (unpaired) electrons. The zero-order valence-corrected chi connectivity index (χ0v) is 9.09. The van der Waals surface area contributed by atoms with Gasteiger partial charge in [-0.25, -0.2) is 0 Å². The van der Waals surface area contributed by atoms with E-state index in [0.717, 1.165) is 10.9 Å². The summed E-state index contributed by atoms with van der Waals surface area (Å²) in [6.45, 7) is 1.96. The second-order valence-electron chi connectivity index (χ2n) is 2.28. The Morgan fingerprint density at radius 2 is 2.00 bits per heavy atom. The van der Waals surface area contributed by atoms with Gasteiger partial charge in [-0.15, -0.1) is 0 Å². The lowest BCUT2D eigenvalue weighted by atomic mass is 10.1. The molecule has 0 spiro atoms. The second kappa shape index (κ2) is 3.79. The first-order chi connectivity index (χ1) is 5.16. The van der Waals surface area contributed by atoms with Crippen molar-refractivity contribution in [2.75, 3.05) is 0 Å². The number of alkyl halides is 1. The highest BCUT2D eigenvalue weighted by atomic mass is 79.9. The smallest absolute Gasteiger partial charge is 0.0624 e. The lowest BCUT2D eigenvalue weighted by Crippen LogP contribution is -1.85. The second-order valence-corrected chi connectivity index (χ2v) is 3.63. The number of halogens is 3. The normalized spacial score (nSPS) is 10.2. The highest BCUT2D eigenvalue weighted by Gasteiger charge is 2.04. The maximum atomic E-state index is 5.91. The van der Waals surface area contributed by atoms with E-state index < -0.39 is 0 Å². The molecule has 1 aromatic carbocycles. The van der Waals surface area contributed by atoms with Crippen LogP contribution in [0, 0.1) is 6.92 Å². The van der Waals surface area contributed by atoms with E-state index in [-0.39, 0.29) is 0 Å². The molecule has 0 amide bonds. The van der Waals surface area contributed by atoms with Crippen molar-refractivity contribution in [3.63, 3.8) is 0 Å². The molecule has 1 aromatic rings. The first-order valence-corrected chi connectivity index (χ1v) is 5.04. The van der Waals surface area contributed by atoms with Crippen molar-refractivity contribution in [2.45, 2.75) is 12.3 Å². The average Bonchev–Trinajstić information content (AvgIpc) is 2.01. The lowest BCUT2D eigenvalue weighted by molar-refractivity contribution is 1.32. The third-order valence-electron chi connectivity index (χ3n) is 1.60. The van der Waals surface area contributed by atoms with Crippen molar-refractivity contribution in [3.8, 4) is 0 Å². The summed E-state index contributed by atoms with van der Waals surface area (Å²) in [6, 6.07) is 3.78. The molecule has 0 aliphatic rings. The standard InChI is InChI=1S/C8H7BrCl2/c1-5-6(4-9)2-3-7(10)8(5)11/h2-3H,4H2,1H3. The first-order valence-electron chi connectivity index (χ1n) is 3.16. The molecule has 0 N–H and O–H groups in total. The summed E-state index contributed by atoms with van der Waals surface area (Å²) in [5.74, 6) is 0. The molecule has 0 atom stereocenters. The van der Waals surface area contributed by atoms with Gasteiger partial charge in [0.1, 0.15) is 0 Å². The Kier molecular flexibility index (Phi) is 3.23. The molecule has 0 bridgehead atoms. The summed E-state index contributed by atoms with van der Waals surface area (Å²) < 4.78 is 0. The van der Waals surface area contributed by atoms with Gasteiger partial charge in [-0.05, 0) is 24.1 Å². The molecule has 0 nitrogen and oxygen atoms in total. The van der Waals surface area contributed by atoms with Crippen LogP contribution in [0.1, 0.15) is 11.1 Å². The monoisotopic (exact) mass is 252 g/mol. The fourth-order valence-corrected chi connectivity index (χ4v) is 1.83. The van der Waals surface area contributed by atoms with Crippen LogP contribution >= 0.6 is 39.1 Å². The molecular formula is C8H7BrCl2. The predicted octanol–water partition coefficient (Wildman–Crippen LogP) is 4.20. The zero-order chi connectivity index (χ0) is 8.43. The van der Waals surface area contributed by atoms with E-state index in [1.54, 1.807) is 0 Å². The van der Waals surface area contributed by atoms with Crippen molar-refractivity contribution in [1.82, 2.24) is 0 Å². The minimum absolute atomic E-state index is 0.619. The van der Waals surface area contributed by atoms with Crippen LogP contribution in [0.2, 0.25) is 10.0 Å².